The number of nitrogens with zero attached hydrogens (tertiary/aromatic N) is 1. The van der Waals surface area contributed by atoms with E-state index in [2.05, 4.69) is 18.1 Å². The van der Waals surface area contributed by atoms with Gasteiger partial charge >= 0.3 is 0 Å². The molecule has 0 unspecified atom stereocenters. The monoisotopic (exact) mass is 298 g/mol. The Morgan fingerprint density at radius 1 is 1.09 bits per heavy atom. The highest BCUT2D eigenvalue weighted by molar-refractivity contribution is 5.82. The first-order valence-corrected chi connectivity index (χ1v) is 8.19. The van der Waals surface area contributed by atoms with Gasteiger partial charge in [0.1, 0.15) is 16.9 Å². The number of fused-ring (bicyclic) bond motifs is 2. The zero-order chi connectivity index (χ0) is 15.2. The highest BCUT2D eigenvalue weighted by atomic mass is 16.5. The van der Waals surface area contributed by atoms with Crippen LogP contribution in [0.2, 0.25) is 0 Å². The van der Waals surface area contributed by atoms with E-state index in [-0.39, 0.29) is 5.60 Å². The molecule has 0 radical (unpaired) electrons. The average Bonchev–Trinajstić information content (AvgIpc) is 2.54. The topological polar surface area (TPSA) is 60.8 Å². The van der Waals surface area contributed by atoms with Crippen LogP contribution in [0.15, 0.2) is 27.7 Å². The van der Waals surface area contributed by atoms with Gasteiger partial charge in [-0.2, -0.15) is 0 Å². The quantitative estimate of drug-likeness (QED) is 0.597. The number of nitrogens with two attached hydrogens (primary N) is 1. The molecule has 116 valence electrons. The molecular formula is C18H22N2O2. The maximum absolute atomic E-state index is 6.46. The van der Waals surface area contributed by atoms with Crippen LogP contribution in [0.3, 0.4) is 0 Å². The van der Waals surface area contributed by atoms with E-state index in [9.17, 15) is 0 Å². The zero-order valence-electron chi connectivity index (χ0n) is 13.0. The fraction of sp³-hybridized carbons (Fsp3) is 0.500. The summed E-state index contributed by atoms with van der Waals surface area (Å²) in [6.45, 7) is 2.06. The van der Waals surface area contributed by atoms with Crippen molar-refractivity contribution in [1.82, 2.24) is 0 Å². The molecule has 2 aromatic rings. The lowest BCUT2D eigenvalue weighted by molar-refractivity contribution is 0.0109. The standard InChI is InChI=1S/C18H22N2O2/c1-12-9-17(20-19)21-16-11-15-13(10-14(12)16)5-8-18(22-15)6-3-2-4-7-18/h9-11H,2-8,19H2,1H3/b20-17+. The van der Waals surface area contributed by atoms with Gasteiger partial charge in [0.25, 0.3) is 0 Å². The zero-order valence-corrected chi connectivity index (χ0v) is 13.0. The second-order valence-corrected chi connectivity index (χ2v) is 6.70. The lowest BCUT2D eigenvalue weighted by Crippen LogP contribution is -2.41. The van der Waals surface area contributed by atoms with Crippen molar-refractivity contribution < 1.29 is 9.15 Å². The Bertz CT molecular complexity index is 786. The van der Waals surface area contributed by atoms with E-state index in [0.717, 1.165) is 35.1 Å². The predicted octanol–water partition coefficient (Wildman–Crippen LogP) is 3.54. The Morgan fingerprint density at radius 2 is 1.91 bits per heavy atom. The van der Waals surface area contributed by atoms with Gasteiger partial charge in [0.05, 0.1) is 0 Å². The molecule has 1 aliphatic carbocycles. The smallest absolute Gasteiger partial charge is 0.236 e. The van der Waals surface area contributed by atoms with E-state index in [1.165, 1.54) is 37.7 Å². The normalized spacial score (nSPS) is 20.9. The molecule has 2 aliphatic rings. The molecule has 1 aromatic heterocycles. The van der Waals surface area contributed by atoms with E-state index in [1.807, 2.05) is 12.1 Å². The molecule has 0 atom stereocenters. The lowest BCUT2D eigenvalue weighted by Gasteiger charge is -2.41. The number of aryl methyl sites for hydroxylation is 2. The van der Waals surface area contributed by atoms with Gasteiger partial charge in [0, 0.05) is 17.5 Å². The van der Waals surface area contributed by atoms with Gasteiger partial charge in [-0.15, -0.1) is 5.10 Å². The fourth-order valence-electron chi connectivity index (χ4n) is 3.95. The van der Waals surface area contributed by atoms with Crippen LogP contribution in [-0.4, -0.2) is 5.60 Å². The second kappa shape index (κ2) is 5.04. The van der Waals surface area contributed by atoms with Crippen molar-refractivity contribution in [2.75, 3.05) is 0 Å². The van der Waals surface area contributed by atoms with E-state index in [4.69, 9.17) is 15.0 Å². The number of ether oxygens (including phenoxy) is 1. The molecule has 0 amide bonds. The van der Waals surface area contributed by atoms with E-state index in [1.54, 1.807) is 0 Å². The molecule has 2 heterocycles. The molecule has 1 saturated carbocycles. The third-order valence-electron chi connectivity index (χ3n) is 5.21. The van der Waals surface area contributed by atoms with Gasteiger partial charge in [0.15, 0.2) is 0 Å². The van der Waals surface area contributed by atoms with Crippen molar-refractivity contribution in [2.45, 2.75) is 57.5 Å². The summed E-state index contributed by atoms with van der Waals surface area (Å²) in [5.41, 5.74) is 3.73. The highest BCUT2D eigenvalue weighted by Crippen LogP contribution is 2.43. The van der Waals surface area contributed by atoms with Crippen LogP contribution in [0.4, 0.5) is 0 Å². The largest absolute Gasteiger partial charge is 0.487 e. The summed E-state index contributed by atoms with van der Waals surface area (Å²) in [4.78, 5) is 0. The number of benzene rings is 1. The predicted molar refractivity (Wildman–Crippen MR) is 85.5 cm³/mol. The summed E-state index contributed by atoms with van der Waals surface area (Å²) in [6, 6.07) is 6.11. The molecule has 1 aliphatic heterocycles. The van der Waals surface area contributed by atoms with Crippen LogP contribution in [0.25, 0.3) is 11.0 Å². The Hall–Kier alpha value is -1.97. The molecule has 4 heteroatoms. The summed E-state index contributed by atoms with van der Waals surface area (Å²) in [6.07, 6.45) is 8.49. The molecule has 0 bridgehead atoms. The number of rotatable bonds is 0. The van der Waals surface area contributed by atoms with Gasteiger partial charge in [-0.05, 0) is 62.6 Å². The summed E-state index contributed by atoms with van der Waals surface area (Å²) in [7, 11) is 0. The van der Waals surface area contributed by atoms with Crippen LogP contribution in [-0.2, 0) is 6.42 Å². The van der Waals surface area contributed by atoms with Crippen LogP contribution < -0.4 is 16.1 Å². The van der Waals surface area contributed by atoms with Gasteiger partial charge in [-0.25, -0.2) is 0 Å². The minimum atomic E-state index is 0.0593. The van der Waals surface area contributed by atoms with Gasteiger partial charge < -0.3 is 15.0 Å². The average molecular weight is 298 g/mol. The first kappa shape index (κ1) is 13.7. The molecular weight excluding hydrogens is 276 g/mol. The van der Waals surface area contributed by atoms with Gasteiger partial charge in [-0.1, -0.05) is 6.42 Å². The third kappa shape index (κ3) is 2.18. The van der Waals surface area contributed by atoms with Crippen LogP contribution in [0.5, 0.6) is 5.75 Å². The molecule has 22 heavy (non-hydrogen) atoms. The van der Waals surface area contributed by atoms with Crippen molar-refractivity contribution in [3.05, 3.63) is 34.9 Å². The Kier molecular flexibility index (Phi) is 3.13. The minimum Gasteiger partial charge on any atom is -0.487 e. The molecule has 2 N–H and O–H groups in total. The number of hydrogen-bond donors (Lipinski definition) is 1. The molecule has 1 spiro atoms. The van der Waals surface area contributed by atoms with Crippen LogP contribution in [0, 0.1) is 6.92 Å². The Labute approximate surface area is 130 Å². The minimum absolute atomic E-state index is 0.0593. The first-order valence-electron chi connectivity index (χ1n) is 8.19. The summed E-state index contributed by atoms with van der Waals surface area (Å²) >= 11 is 0. The van der Waals surface area contributed by atoms with Crippen LogP contribution >= 0.6 is 0 Å². The molecule has 1 aromatic carbocycles. The van der Waals surface area contributed by atoms with E-state index >= 15 is 0 Å². The SMILES string of the molecule is Cc1c/c(=N\N)oc2cc3c(cc12)CCC1(CCCCC1)O3. The van der Waals surface area contributed by atoms with Crippen molar-refractivity contribution in [3.63, 3.8) is 0 Å². The van der Waals surface area contributed by atoms with Gasteiger partial charge in [-0.3, -0.25) is 0 Å². The number of hydrogen-bond acceptors (Lipinski definition) is 4. The Balaban J connectivity index is 1.81. The molecule has 4 nitrogen and oxygen atoms in total. The van der Waals surface area contributed by atoms with Crippen LogP contribution in [0.1, 0.15) is 49.7 Å². The summed E-state index contributed by atoms with van der Waals surface area (Å²) in [5.74, 6) is 6.34. The van der Waals surface area contributed by atoms with Crippen molar-refractivity contribution in [2.24, 2.45) is 10.9 Å². The van der Waals surface area contributed by atoms with Crippen molar-refractivity contribution >= 4 is 11.0 Å². The van der Waals surface area contributed by atoms with E-state index < -0.39 is 0 Å². The maximum atomic E-state index is 6.46. The van der Waals surface area contributed by atoms with Crippen molar-refractivity contribution in [1.29, 1.82) is 0 Å². The molecule has 0 saturated heterocycles. The van der Waals surface area contributed by atoms with Gasteiger partial charge in [0.2, 0.25) is 5.55 Å². The molecule has 4 rings (SSSR count). The fourth-order valence-corrected chi connectivity index (χ4v) is 3.95. The summed E-state index contributed by atoms with van der Waals surface area (Å²) in [5, 5.41) is 4.79. The highest BCUT2D eigenvalue weighted by Gasteiger charge is 2.37. The third-order valence-corrected chi connectivity index (χ3v) is 5.21. The summed E-state index contributed by atoms with van der Waals surface area (Å²) < 4.78 is 12.2. The van der Waals surface area contributed by atoms with Crippen molar-refractivity contribution in [3.8, 4) is 5.75 Å². The van der Waals surface area contributed by atoms with E-state index in [0.29, 0.717) is 5.55 Å². The maximum Gasteiger partial charge on any atom is 0.236 e. The Morgan fingerprint density at radius 3 is 2.68 bits per heavy atom. The lowest BCUT2D eigenvalue weighted by atomic mass is 9.79. The molecule has 1 fully saturated rings. The second-order valence-electron chi connectivity index (χ2n) is 6.70. The first-order chi connectivity index (χ1) is 10.7.